The van der Waals surface area contributed by atoms with E-state index in [2.05, 4.69) is 19.8 Å². The molecule has 0 aliphatic carbocycles. The van der Waals surface area contributed by atoms with E-state index in [0.29, 0.717) is 6.42 Å². The van der Waals surface area contributed by atoms with Gasteiger partial charge in [-0.1, -0.05) is 17.7 Å². The minimum Gasteiger partial charge on any atom is -0.772 e. The molecule has 1 heterocycles. The van der Waals surface area contributed by atoms with Gasteiger partial charge in [-0.15, -0.1) is 0 Å². The molecule has 0 saturated carbocycles. The van der Waals surface area contributed by atoms with Gasteiger partial charge in [0.05, 0.1) is 19.8 Å². The largest absolute Gasteiger partial charge is 0.772 e. The topological polar surface area (TPSA) is 43.4 Å². The Balaban J connectivity index is 2.34. The van der Waals surface area contributed by atoms with Gasteiger partial charge in [0.2, 0.25) is 0 Å². The van der Waals surface area contributed by atoms with Crippen LogP contribution in [0, 0.1) is 0 Å². The highest BCUT2D eigenvalue weighted by Gasteiger charge is 2.25. The summed E-state index contributed by atoms with van der Waals surface area (Å²) in [5.74, 6) is 0.246. The Bertz CT molecular complexity index is 268. The molecule has 1 aliphatic rings. The van der Waals surface area contributed by atoms with E-state index in [9.17, 15) is 8.76 Å². The van der Waals surface area contributed by atoms with Crippen molar-refractivity contribution in [2.75, 3.05) is 26.0 Å². The summed E-state index contributed by atoms with van der Waals surface area (Å²) in [5.41, 5.74) is 0. The van der Waals surface area contributed by atoms with Crippen molar-refractivity contribution < 1.29 is 13.2 Å². The van der Waals surface area contributed by atoms with E-state index in [1.807, 2.05) is 11.1 Å². The predicted octanol–water partition coefficient (Wildman–Crippen LogP) is 0.590. The van der Waals surface area contributed by atoms with Crippen LogP contribution < -0.4 is 0 Å². The summed E-state index contributed by atoms with van der Waals surface area (Å²) in [5, 5.41) is 0. The van der Waals surface area contributed by atoms with Crippen LogP contribution in [0.2, 0.25) is 0 Å². The molecule has 0 aromatic heterocycles. The molecule has 0 bridgehead atoms. The molecule has 4 nitrogen and oxygen atoms in total. The summed E-state index contributed by atoms with van der Waals surface area (Å²) in [4.78, 5) is 1.99. The lowest BCUT2D eigenvalue weighted by molar-refractivity contribution is -0.860. The molecule has 0 aromatic carbocycles. The molecule has 0 aromatic rings. The number of rotatable bonds is 5. The van der Waals surface area contributed by atoms with Crippen LogP contribution in [0.4, 0.5) is 0 Å². The number of nitrogens with zero attached hydrogens (tertiary/aromatic N) is 2. The van der Waals surface area contributed by atoms with Crippen molar-refractivity contribution in [1.29, 1.82) is 0 Å². The molecule has 0 radical (unpaired) electrons. The minimum atomic E-state index is -1.91. The molecular weight excluding hydrogens is 200 g/mol. The lowest BCUT2D eigenvalue weighted by Gasteiger charge is -2.27. The highest BCUT2D eigenvalue weighted by atomic mass is 32.2. The third-order valence-electron chi connectivity index (χ3n) is 2.32. The first-order valence-corrected chi connectivity index (χ1v) is 5.78. The van der Waals surface area contributed by atoms with Gasteiger partial charge < -0.3 is 9.45 Å². The average Bonchev–Trinajstić information content (AvgIpc) is 2.47. The molecular formula is C9H16N2O2S. The summed E-state index contributed by atoms with van der Waals surface area (Å²) in [7, 11) is 2.08. The van der Waals surface area contributed by atoms with Crippen LogP contribution in [0.3, 0.4) is 0 Å². The molecule has 0 N–H and O–H groups in total. The van der Waals surface area contributed by atoms with Crippen LogP contribution >= 0.6 is 0 Å². The molecule has 5 heteroatoms. The molecule has 1 rings (SSSR count). The second-order valence-electron chi connectivity index (χ2n) is 3.70. The van der Waals surface area contributed by atoms with Crippen LogP contribution in [-0.2, 0) is 11.1 Å². The van der Waals surface area contributed by atoms with Crippen LogP contribution in [0.15, 0.2) is 25.2 Å². The summed E-state index contributed by atoms with van der Waals surface area (Å²) in [6.45, 7) is 5.37. The van der Waals surface area contributed by atoms with E-state index in [1.165, 1.54) is 0 Å². The van der Waals surface area contributed by atoms with Crippen LogP contribution in [0.5, 0.6) is 0 Å². The molecule has 0 spiro atoms. The van der Waals surface area contributed by atoms with E-state index in [-0.39, 0.29) is 5.75 Å². The third-order valence-corrected chi connectivity index (χ3v) is 2.94. The van der Waals surface area contributed by atoms with E-state index in [4.69, 9.17) is 0 Å². The van der Waals surface area contributed by atoms with Crippen molar-refractivity contribution >= 4 is 11.1 Å². The van der Waals surface area contributed by atoms with Crippen LogP contribution in [0.25, 0.3) is 0 Å². The first kappa shape index (κ1) is 11.4. The fourth-order valence-electron chi connectivity index (χ4n) is 1.52. The summed E-state index contributed by atoms with van der Waals surface area (Å²) in [6, 6.07) is 0. The van der Waals surface area contributed by atoms with E-state index >= 15 is 0 Å². The zero-order valence-corrected chi connectivity index (χ0v) is 9.20. The first-order chi connectivity index (χ1) is 6.56. The van der Waals surface area contributed by atoms with Crippen molar-refractivity contribution in [3.05, 3.63) is 25.2 Å². The van der Waals surface area contributed by atoms with Crippen molar-refractivity contribution in [2.24, 2.45) is 0 Å². The fraction of sp³-hybridized carbons (Fsp3) is 0.556. The normalized spacial score (nSPS) is 28.0. The Hall–Kier alpha value is -0.650. The van der Waals surface area contributed by atoms with Gasteiger partial charge in [-0.25, -0.2) is 0 Å². The molecule has 14 heavy (non-hydrogen) atoms. The van der Waals surface area contributed by atoms with Gasteiger partial charge in [0.1, 0.15) is 6.20 Å². The number of quaternary nitrogens is 1. The first-order valence-electron chi connectivity index (χ1n) is 4.53. The van der Waals surface area contributed by atoms with Crippen molar-refractivity contribution in [2.45, 2.75) is 6.42 Å². The Labute approximate surface area is 87.4 Å². The monoisotopic (exact) mass is 216 g/mol. The van der Waals surface area contributed by atoms with Gasteiger partial charge in [-0.2, -0.15) is 0 Å². The molecule has 0 fully saturated rings. The zero-order chi connectivity index (χ0) is 10.6. The molecule has 1 aliphatic heterocycles. The van der Waals surface area contributed by atoms with Crippen molar-refractivity contribution in [3.63, 3.8) is 0 Å². The van der Waals surface area contributed by atoms with Crippen LogP contribution in [0.1, 0.15) is 6.42 Å². The molecule has 0 saturated heterocycles. The number of hydrogen-bond acceptors (Lipinski definition) is 3. The zero-order valence-electron chi connectivity index (χ0n) is 8.39. The van der Waals surface area contributed by atoms with Gasteiger partial charge >= 0.3 is 0 Å². The van der Waals surface area contributed by atoms with E-state index in [1.54, 1.807) is 6.20 Å². The smallest absolute Gasteiger partial charge is 0.162 e. The van der Waals surface area contributed by atoms with Gasteiger partial charge in [-0.05, 0) is 0 Å². The summed E-state index contributed by atoms with van der Waals surface area (Å²) in [6.07, 6.45) is 6.50. The number of hydrogen-bond donors (Lipinski definition) is 0. The van der Waals surface area contributed by atoms with E-state index < -0.39 is 11.1 Å². The lowest BCUT2D eigenvalue weighted by atomic mass is 10.4. The van der Waals surface area contributed by atoms with Crippen LogP contribution in [-0.4, -0.2) is 44.2 Å². The quantitative estimate of drug-likeness (QED) is 0.499. The Morgan fingerprint density at radius 2 is 2.50 bits per heavy atom. The van der Waals surface area contributed by atoms with Gasteiger partial charge in [-0.3, -0.25) is 8.69 Å². The SMILES string of the molecule is C=CN1C=C[N+](C)(CCCS(=O)[O-])C1. The standard InChI is InChI=1S/C9H16N2O2S/c1-3-10-5-7-11(2,9-10)6-4-8-14(12)13/h3,5,7H,1,4,6,8-9H2,2H3. The Kier molecular flexibility index (Phi) is 3.86. The summed E-state index contributed by atoms with van der Waals surface area (Å²) < 4.78 is 21.4. The Morgan fingerprint density at radius 3 is 3.00 bits per heavy atom. The second-order valence-corrected chi connectivity index (χ2v) is 4.72. The maximum absolute atomic E-state index is 10.3. The maximum atomic E-state index is 10.3. The second kappa shape index (κ2) is 4.72. The maximum Gasteiger partial charge on any atom is 0.162 e. The third kappa shape index (κ3) is 3.25. The average molecular weight is 216 g/mol. The Morgan fingerprint density at radius 1 is 1.79 bits per heavy atom. The predicted molar refractivity (Wildman–Crippen MR) is 55.5 cm³/mol. The highest BCUT2D eigenvalue weighted by Crippen LogP contribution is 2.15. The van der Waals surface area contributed by atoms with Crippen molar-refractivity contribution in [1.82, 2.24) is 4.90 Å². The minimum absolute atomic E-state index is 0.246. The van der Waals surface area contributed by atoms with Gasteiger partial charge in [0.15, 0.2) is 6.67 Å². The van der Waals surface area contributed by atoms with Gasteiger partial charge in [0.25, 0.3) is 0 Å². The van der Waals surface area contributed by atoms with Crippen molar-refractivity contribution in [3.8, 4) is 0 Å². The van der Waals surface area contributed by atoms with Gasteiger partial charge in [0, 0.05) is 18.4 Å². The fourth-order valence-corrected chi connectivity index (χ4v) is 1.89. The molecule has 80 valence electrons. The van der Waals surface area contributed by atoms with E-state index in [0.717, 1.165) is 17.7 Å². The lowest BCUT2D eigenvalue weighted by Crippen LogP contribution is -2.41. The molecule has 2 atom stereocenters. The molecule has 2 unspecified atom stereocenters. The molecule has 0 amide bonds. The highest BCUT2D eigenvalue weighted by molar-refractivity contribution is 7.79. The summed E-state index contributed by atoms with van der Waals surface area (Å²) >= 11 is -1.91.